The Labute approximate surface area is 150 Å². The third-order valence-electron chi connectivity index (χ3n) is 4.76. The summed E-state index contributed by atoms with van der Waals surface area (Å²) in [5.74, 6) is -0.447. The van der Waals surface area contributed by atoms with Crippen molar-refractivity contribution in [1.29, 1.82) is 0 Å². The molecule has 0 saturated carbocycles. The number of ether oxygens (including phenoxy) is 2. The Kier molecular flexibility index (Phi) is 4.57. The maximum absolute atomic E-state index is 11.9. The van der Waals surface area contributed by atoms with Crippen molar-refractivity contribution in [2.24, 2.45) is 11.7 Å². The molecule has 1 saturated heterocycles. The summed E-state index contributed by atoms with van der Waals surface area (Å²) >= 11 is 0. The summed E-state index contributed by atoms with van der Waals surface area (Å²) in [6.45, 7) is 7.03. The molecule has 9 heteroatoms. The summed E-state index contributed by atoms with van der Waals surface area (Å²) in [4.78, 5) is 32.0. The van der Waals surface area contributed by atoms with Crippen molar-refractivity contribution in [3.05, 3.63) is 17.6 Å². The zero-order valence-electron chi connectivity index (χ0n) is 15.2. The number of nitrogen functional groups attached to an aromatic ring is 1. The van der Waals surface area contributed by atoms with Crippen LogP contribution >= 0.6 is 0 Å². The number of nitrogens with two attached hydrogens (primary N) is 2. The lowest BCUT2D eigenvalue weighted by Crippen LogP contribution is -2.29. The van der Waals surface area contributed by atoms with Gasteiger partial charge in [0.2, 0.25) is 0 Å². The van der Waals surface area contributed by atoms with Gasteiger partial charge in [-0.25, -0.2) is 9.97 Å². The lowest BCUT2D eigenvalue weighted by molar-refractivity contribution is -0.153. The van der Waals surface area contributed by atoms with Crippen molar-refractivity contribution in [2.75, 3.05) is 5.73 Å². The molecule has 0 aliphatic carbocycles. The van der Waals surface area contributed by atoms with Gasteiger partial charge in [-0.2, -0.15) is 0 Å². The fraction of sp³-hybridized carbons (Fsp3) is 0.529. The third-order valence-corrected chi connectivity index (χ3v) is 4.76. The lowest BCUT2D eigenvalue weighted by Gasteiger charge is -2.22. The molecule has 1 amide bonds. The lowest BCUT2D eigenvalue weighted by atomic mass is 9.98. The molecule has 0 radical (unpaired) electrons. The van der Waals surface area contributed by atoms with Crippen LogP contribution in [0.25, 0.3) is 11.0 Å². The number of esters is 1. The Bertz CT molecular complexity index is 878. The summed E-state index contributed by atoms with van der Waals surface area (Å²) in [5.41, 5.74) is 12.1. The topological polar surface area (TPSA) is 135 Å². The Balaban J connectivity index is 2.20. The normalized spacial score (nSPS) is 25.5. The van der Waals surface area contributed by atoms with Gasteiger partial charge in [0.25, 0.3) is 5.91 Å². The first-order chi connectivity index (χ1) is 12.2. The van der Waals surface area contributed by atoms with Gasteiger partial charge in [-0.05, 0) is 13.3 Å². The number of anilines is 1. The average Bonchev–Trinajstić information content (AvgIpc) is 3.06. The first kappa shape index (κ1) is 18.1. The number of nitrogens with zero attached hydrogens (tertiary/aromatic N) is 3. The van der Waals surface area contributed by atoms with Gasteiger partial charge in [-0.1, -0.05) is 13.8 Å². The molecule has 4 atom stereocenters. The predicted octanol–water partition coefficient (Wildman–Crippen LogP) is 1.30. The minimum absolute atomic E-state index is 0.0244. The van der Waals surface area contributed by atoms with Crippen LogP contribution in [-0.4, -0.2) is 38.6 Å². The van der Waals surface area contributed by atoms with Gasteiger partial charge in [0.1, 0.15) is 17.3 Å². The Morgan fingerprint density at radius 1 is 1.38 bits per heavy atom. The van der Waals surface area contributed by atoms with Gasteiger partial charge in [0.15, 0.2) is 12.3 Å². The van der Waals surface area contributed by atoms with E-state index in [0.717, 1.165) is 6.42 Å². The predicted molar refractivity (Wildman–Crippen MR) is 94.1 cm³/mol. The zero-order valence-corrected chi connectivity index (χ0v) is 15.2. The summed E-state index contributed by atoms with van der Waals surface area (Å²) in [5, 5.41) is 0.376. The molecule has 1 fully saturated rings. The fourth-order valence-electron chi connectivity index (χ4n) is 3.57. The number of rotatable bonds is 4. The number of hydrogen-bond donors (Lipinski definition) is 2. The van der Waals surface area contributed by atoms with Crippen LogP contribution in [0.15, 0.2) is 6.20 Å². The molecule has 2 aromatic heterocycles. The number of hydrogen-bond acceptors (Lipinski definition) is 7. The minimum atomic E-state index is -0.643. The van der Waals surface area contributed by atoms with Gasteiger partial charge >= 0.3 is 5.97 Å². The van der Waals surface area contributed by atoms with E-state index in [4.69, 9.17) is 20.9 Å². The van der Waals surface area contributed by atoms with Gasteiger partial charge in [-0.3, -0.25) is 9.59 Å². The summed E-state index contributed by atoms with van der Waals surface area (Å²) in [7, 11) is 0. The van der Waals surface area contributed by atoms with Crippen molar-refractivity contribution in [3.63, 3.8) is 0 Å². The maximum atomic E-state index is 11.9. The standard InChI is InChI=1S/C17H23N5O4/c1-5-11-7(2)13(25-9(4)23)17(26-11)22-6-10(15(19)24)12-14(18)20-8(3)21-16(12)22/h6-7,11,13,17H,5H2,1-4H3,(H2,19,24)(H2,18,20,21)/t7-,11-,13?,17-/m1/s1. The summed E-state index contributed by atoms with van der Waals surface area (Å²) in [6.07, 6.45) is 1.05. The highest BCUT2D eigenvalue weighted by molar-refractivity contribution is 6.08. The molecule has 1 aliphatic heterocycles. The number of carbonyl (C=O) groups is 2. The number of fused-ring (bicyclic) bond motifs is 1. The second-order valence-corrected chi connectivity index (χ2v) is 6.58. The van der Waals surface area contributed by atoms with Crippen LogP contribution in [0.4, 0.5) is 5.82 Å². The van der Waals surface area contributed by atoms with Crippen LogP contribution in [-0.2, 0) is 14.3 Å². The first-order valence-electron chi connectivity index (χ1n) is 8.51. The van der Waals surface area contributed by atoms with Crippen LogP contribution < -0.4 is 11.5 Å². The van der Waals surface area contributed by atoms with Crippen LogP contribution in [0.5, 0.6) is 0 Å². The van der Waals surface area contributed by atoms with Crippen molar-refractivity contribution in [2.45, 2.75) is 52.6 Å². The number of primary amides is 1. The van der Waals surface area contributed by atoms with E-state index in [-0.39, 0.29) is 23.4 Å². The fourth-order valence-corrected chi connectivity index (χ4v) is 3.57. The highest BCUT2D eigenvalue weighted by atomic mass is 16.6. The molecule has 0 spiro atoms. The molecule has 3 rings (SSSR count). The summed E-state index contributed by atoms with van der Waals surface area (Å²) < 4.78 is 13.3. The van der Waals surface area contributed by atoms with Crippen LogP contribution in [0, 0.1) is 12.8 Å². The number of aromatic nitrogens is 3. The molecule has 26 heavy (non-hydrogen) atoms. The largest absolute Gasteiger partial charge is 0.457 e. The molecule has 4 N–H and O–H groups in total. The smallest absolute Gasteiger partial charge is 0.303 e. The molecule has 140 valence electrons. The molecule has 3 heterocycles. The van der Waals surface area contributed by atoms with Crippen LogP contribution in [0.3, 0.4) is 0 Å². The zero-order chi connectivity index (χ0) is 19.2. The van der Waals surface area contributed by atoms with E-state index < -0.39 is 24.2 Å². The quantitative estimate of drug-likeness (QED) is 0.783. The van der Waals surface area contributed by atoms with Gasteiger partial charge in [0, 0.05) is 19.0 Å². The van der Waals surface area contributed by atoms with Crippen molar-refractivity contribution < 1.29 is 19.1 Å². The molecule has 2 aromatic rings. The molecule has 9 nitrogen and oxygen atoms in total. The molecule has 0 aromatic carbocycles. The van der Waals surface area contributed by atoms with Crippen LogP contribution in [0.1, 0.15) is 49.6 Å². The number of amides is 1. The summed E-state index contributed by atoms with van der Waals surface area (Å²) in [6, 6.07) is 0. The van der Waals surface area contributed by atoms with Crippen molar-refractivity contribution >= 4 is 28.7 Å². The SMILES string of the molecule is CC[C@H]1O[C@@H](n2cc(C(N)=O)c3c(N)nc(C)nc32)C(OC(C)=O)[C@@H]1C. The van der Waals surface area contributed by atoms with E-state index in [9.17, 15) is 9.59 Å². The number of aryl methyl sites for hydroxylation is 1. The average molecular weight is 361 g/mol. The second kappa shape index (κ2) is 6.56. The van der Waals surface area contributed by atoms with E-state index in [2.05, 4.69) is 9.97 Å². The number of carbonyl (C=O) groups excluding carboxylic acids is 2. The highest BCUT2D eigenvalue weighted by Crippen LogP contribution is 2.40. The first-order valence-corrected chi connectivity index (χ1v) is 8.51. The molecular weight excluding hydrogens is 338 g/mol. The van der Waals surface area contributed by atoms with E-state index in [1.54, 1.807) is 17.7 Å². The van der Waals surface area contributed by atoms with E-state index in [1.165, 1.54) is 6.92 Å². The Morgan fingerprint density at radius 2 is 2.08 bits per heavy atom. The minimum Gasteiger partial charge on any atom is -0.457 e. The van der Waals surface area contributed by atoms with Crippen LogP contribution in [0.2, 0.25) is 0 Å². The Morgan fingerprint density at radius 3 is 2.65 bits per heavy atom. The molecule has 0 bridgehead atoms. The van der Waals surface area contributed by atoms with E-state index in [0.29, 0.717) is 16.9 Å². The van der Waals surface area contributed by atoms with Gasteiger partial charge in [-0.15, -0.1) is 0 Å². The Hall–Kier alpha value is -2.68. The molecule has 1 unspecified atom stereocenters. The van der Waals surface area contributed by atoms with Gasteiger partial charge in [0.05, 0.1) is 17.1 Å². The van der Waals surface area contributed by atoms with Crippen molar-refractivity contribution in [1.82, 2.24) is 14.5 Å². The maximum Gasteiger partial charge on any atom is 0.303 e. The van der Waals surface area contributed by atoms with E-state index >= 15 is 0 Å². The third kappa shape index (κ3) is 2.88. The van der Waals surface area contributed by atoms with Gasteiger partial charge < -0.3 is 25.5 Å². The van der Waals surface area contributed by atoms with Crippen molar-refractivity contribution in [3.8, 4) is 0 Å². The van der Waals surface area contributed by atoms with E-state index in [1.807, 2.05) is 13.8 Å². The second-order valence-electron chi connectivity index (χ2n) is 6.58. The molecular formula is C17H23N5O4. The monoisotopic (exact) mass is 361 g/mol. The highest BCUT2D eigenvalue weighted by Gasteiger charge is 2.45. The molecule has 1 aliphatic rings.